The summed E-state index contributed by atoms with van der Waals surface area (Å²) in [5.74, 6) is 1.14. The van der Waals surface area contributed by atoms with E-state index in [0.29, 0.717) is 19.3 Å². The monoisotopic (exact) mass is 496 g/mol. The van der Waals surface area contributed by atoms with Crippen molar-refractivity contribution in [3.63, 3.8) is 0 Å². The van der Waals surface area contributed by atoms with Crippen LogP contribution in [0.4, 0.5) is 0 Å². The Kier molecular flexibility index (Phi) is 7.62. The molecule has 0 spiro atoms. The second kappa shape index (κ2) is 9.93. The Hall–Kier alpha value is -0.811. The van der Waals surface area contributed by atoms with E-state index < -0.39 is 4.20 Å². The van der Waals surface area contributed by atoms with Gasteiger partial charge in [-0.25, -0.2) is 0 Å². The second-order valence-corrected chi connectivity index (χ2v) is 24.4. The molecular weight excluding hydrogens is 469 g/mol. The molecule has 1 aromatic heterocycles. The van der Waals surface area contributed by atoms with E-state index in [0.717, 1.165) is 5.76 Å². The summed E-state index contributed by atoms with van der Waals surface area (Å²) in [6.45, 7) is 2.33. The van der Waals surface area contributed by atoms with Crippen molar-refractivity contribution in [1.82, 2.24) is 0 Å². The average Bonchev–Trinajstić information content (AvgIpc) is 3.22. The molecule has 0 aliphatic heterocycles. The number of hydrogen-bond donors (Lipinski definition) is 0. The molecule has 0 aliphatic carbocycles. The third-order valence-electron chi connectivity index (χ3n) is 4.46. The van der Waals surface area contributed by atoms with Gasteiger partial charge in [0.1, 0.15) is 0 Å². The van der Waals surface area contributed by atoms with Crippen LogP contribution in [-0.4, -0.2) is 41.9 Å². The van der Waals surface area contributed by atoms with Gasteiger partial charge in [0, 0.05) is 0 Å². The van der Waals surface area contributed by atoms with Gasteiger partial charge in [-0.3, -0.25) is 0 Å². The van der Waals surface area contributed by atoms with Crippen molar-refractivity contribution in [2.45, 2.75) is 24.6 Å². The molecule has 136 valence electrons. The molecule has 4 heteroatoms. The Bertz CT molecular complexity index is 768. The number of furan rings is 1. The molecule has 1 atom stereocenters. The molecule has 0 N–H and O–H groups in total. The van der Waals surface area contributed by atoms with E-state index in [4.69, 9.17) is 4.42 Å². The zero-order chi connectivity index (χ0) is 18.2. The summed E-state index contributed by atoms with van der Waals surface area (Å²) in [6, 6.07) is 25.9. The summed E-state index contributed by atoms with van der Waals surface area (Å²) in [6.07, 6.45) is 6.71. The van der Waals surface area contributed by atoms with Gasteiger partial charge in [-0.2, -0.15) is 0 Å². The zero-order valence-electron chi connectivity index (χ0n) is 15.1. The van der Waals surface area contributed by atoms with E-state index in [1.807, 2.05) is 6.07 Å². The third kappa shape index (κ3) is 6.12. The van der Waals surface area contributed by atoms with E-state index in [1.165, 1.54) is 36.3 Å². The molecule has 3 rings (SSSR count). The van der Waals surface area contributed by atoms with Crippen LogP contribution in [0.1, 0.15) is 28.6 Å². The fourth-order valence-corrected chi connectivity index (χ4v) is 17.7. The number of rotatable bonds is 9. The topological polar surface area (TPSA) is 13.1 Å². The van der Waals surface area contributed by atoms with Crippen LogP contribution >= 0.6 is 4.20 Å². The Balaban J connectivity index is 1.69. The van der Waals surface area contributed by atoms with Crippen molar-refractivity contribution in [1.29, 1.82) is 0 Å². The molecule has 0 saturated carbocycles. The number of aryl methyl sites for hydroxylation is 2. The Morgan fingerprint density at radius 2 is 1.38 bits per heavy atom. The van der Waals surface area contributed by atoms with Gasteiger partial charge in [0.2, 0.25) is 0 Å². The molecule has 3 aromatic rings. The molecular formula is C22H25OPSe2. The van der Waals surface area contributed by atoms with Gasteiger partial charge < -0.3 is 0 Å². The minimum atomic E-state index is -1.12. The Morgan fingerprint density at radius 3 is 1.85 bits per heavy atom. The predicted molar refractivity (Wildman–Crippen MR) is 116 cm³/mol. The van der Waals surface area contributed by atoms with E-state index in [2.05, 4.69) is 88.8 Å². The van der Waals surface area contributed by atoms with Gasteiger partial charge in [-0.05, 0) is 0 Å². The van der Waals surface area contributed by atoms with Gasteiger partial charge >= 0.3 is 171 Å². The molecule has 1 heterocycles. The SMILES string of the molecule is CC([Se]P(=[Se])(CCc1ccccc1)CCc1ccccc1)c1ccco1. The Labute approximate surface area is 170 Å². The van der Waals surface area contributed by atoms with E-state index in [-0.39, 0.29) is 0 Å². The van der Waals surface area contributed by atoms with E-state index >= 15 is 0 Å². The van der Waals surface area contributed by atoms with Crippen molar-refractivity contribution in [3.05, 3.63) is 95.9 Å². The van der Waals surface area contributed by atoms with Crippen molar-refractivity contribution < 1.29 is 4.42 Å². The fraction of sp³-hybridized carbons (Fsp3) is 0.273. The fourth-order valence-electron chi connectivity index (χ4n) is 2.97. The van der Waals surface area contributed by atoms with Crippen LogP contribution in [0.25, 0.3) is 0 Å². The summed E-state index contributed by atoms with van der Waals surface area (Å²) < 4.78 is 4.57. The quantitative estimate of drug-likeness (QED) is 0.281. The van der Waals surface area contributed by atoms with Crippen LogP contribution in [0, 0.1) is 0 Å². The summed E-state index contributed by atoms with van der Waals surface area (Å²) >= 11 is 4.26. The summed E-state index contributed by atoms with van der Waals surface area (Å²) in [5.41, 5.74) is 2.90. The molecule has 0 saturated heterocycles. The van der Waals surface area contributed by atoms with E-state index in [9.17, 15) is 0 Å². The molecule has 0 radical (unpaired) electrons. The first kappa shape index (κ1) is 19.9. The first-order valence-corrected chi connectivity index (χ1v) is 16.6. The first-order chi connectivity index (χ1) is 12.6. The van der Waals surface area contributed by atoms with Crippen LogP contribution < -0.4 is 0 Å². The third-order valence-corrected chi connectivity index (χ3v) is 19.3. The molecule has 26 heavy (non-hydrogen) atoms. The molecule has 0 aliphatic rings. The van der Waals surface area contributed by atoms with Crippen molar-refractivity contribution in [2.75, 3.05) is 12.3 Å². The van der Waals surface area contributed by atoms with Gasteiger partial charge in [0.25, 0.3) is 0 Å². The summed E-state index contributed by atoms with van der Waals surface area (Å²) in [4.78, 5) is 0.527. The summed E-state index contributed by atoms with van der Waals surface area (Å²) in [5, 5.41) is 0. The van der Waals surface area contributed by atoms with Gasteiger partial charge in [-0.15, -0.1) is 0 Å². The predicted octanol–water partition coefficient (Wildman–Crippen LogP) is 5.55. The minimum absolute atomic E-state index is 0.527. The first-order valence-electron chi connectivity index (χ1n) is 9.02. The van der Waals surface area contributed by atoms with E-state index in [1.54, 1.807) is 6.26 Å². The Morgan fingerprint density at radius 1 is 0.846 bits per heavy atom. The van der Waals surface area contributed by atoms with Crippen molar-refractivity contribution >= 4 is 33.8 Å². The molecule has 0 amide bonds. The van der Waals surface area contributed by atoms with Crippen LogP contribution in [0.15, 0.2) is 83.5 Å². The molecule has 2 aromatic carbocycles. The van der Waals surface area contributed by atoms with Crippen LogP contribution in [0.5, 0.6) is 0 Å². The number of hydrogen-bond acceptors (Lipinski definition) is 1. The van der Waals surface area contributed by atoms with Crippen LogP contribution in [0.2, 0.25) is 0 Å². The molecule has 1 unspecified atom stereocenters. The van der Waals surface area contributed by atoms with Crippen molar-refractivity contribution in [3.8, 4) is 0 Å². The summed E-state index contributed by atoms with van der Waals surface area (Å²) in [7, 11) is 0. The molecule has 0 fully saturated rings. The van der Waals surface area contributed by atoms with Gasteiger partial charge in [-0.1, -0.05) is 0 Å². The van der Waals surface area contributed by atoms with Gasteiger partial charge in [0.15, 0.2) is 0 Å². The average molecular weight is 494 g/mol. The van der Waals surface area contributed by atoms with Crippen LogP contribution in [-0.2, 0) is 12.8 Å². The molecule has 0 bridgehead atoms. The number of benzene rings is 2. The van der Waals surface area contributed by atoms with Crippen molar-refractivity contribution in [2.24, 2.45) is 0 Å². The maximum absolute atomic E-state index is 5.69. The molecule has 1 nitrogen and oxygen atoms in total. The standard InChI is InChI=1S/C22H25OPSe2/c1-19(22-13-8-16-23-22)26-24(25,17-14-20-9-4-2-5-10-20)18-15-21-11-6-3-7-12-21/h2-13,16,19H,14-15,17-18H2,1H3. The van der Waals surface area contributed by atoms with Crippen LogP contribution in [0.3, 0.4) is 0 Å². The zero-order valence-corrected chi connectivity index (χ0v) is 19.4. The normalized spacial score (nSPS) is 12.8. The maximum atomic E-state index is 5.69. The second-order valence-electron chi connectivity index (χ2n) is 6.50. The van der Waals surface area contributed by atoms with Gasteiger partial charge in [0.05, 0.1) is 0 Å².